The Balaban J connectivity index is 2.24. The Morgan fingerprint density at radius 1 is 1.29 bits per heavy atom. The molecule has 0 spiro atoms. The molecule has 1 aliphatic heterocycles. The number of likely N-dealkylation sites (tertiary alicyclic amines) is 1. The molecule has 24 heavy (non-hydrogen) atoms. The number of hydrogen-bond donors (Lipinski definition) is 2. The fourth-order valence-corrected chi connectivity index (χ4v) is 2.74. The number of carbonyl (C=O) groups excluding carboxylic acids is 2. The molecule has 5 nitrogen and oxygen atoms in total. The fraction of sp³-hybridized carbons (Fsp3) is 0.467. The predicted molar refractivity (Wildman–Crippen MR) is 77.7 cm³/mol. The molecule has 1 atom stereocenters. The number of nitrogens with one attached hydrogen (secondary N) is 1. The Hall–Kier alpha value is -2.32. The number of amides is 3. The van der Waals surface area contributed by atoms with E-state index in [0.717, 1.165) is 12.5 Å². The van der Waals surface area contributed by atoms with Crippen LogP contribution in [0, 0.1) is 5.82 Å². The number of alkyl halides is 3. The van der Waals surface area contributed by atoms with Crippen LogP contribution < -0.4 is 11.1 Å². The number of carbonyl (C=O) groups is 2. The maximum absolute atomic E-state index is 13.4. The van der Waals surface area contributed by atoms with Crippen LogP contribution in [0.2, 0.25) is 0 Å². The second kappa shape index (κ2) is 7.06. The predicted octanol–water partition coefficient (Wildman–Crippen LogP) is 2.51. The first-order valence-corrected chi connectivity index (χ1v) is 7.41. The zero-order valence-corrected chi connectivity index (χ0v) is 12.7. The molecule has 1 saturated heterocycles. The highest BCUT2D eigenvalue weighted by atomic mass is 19.4. The van der Waals surface area contributed by atoms with E-state index in [2.05, 4.69) is 5.32 Å². The van der Waals surface area contributed by atoms with Gasteiger partial charge in [0.1, 0.15) is 5.82 Å². The van der Waals surface area contributed by atoms with Crippen molar-refractivity contribution in [3.63, 3.8) is 0 Å². The largest absolute Gasteiger partial charge is 0.419 e. The van der Waals surface area contributed by atoms with Crippen molar-refractivity contribution in [2.75, 3.05) is 13.1 Å². The summed E-state index contributed by atoms with van der Waals surface area (Å²) in [5.74, 6) is -2.05. The van der Waals surface area contributed by atoms with E-state index in [1.807, 2.05) is 0 Å². The molecule has 0 saturated carbocycles. The van der Waals surface area contributed by atoms with E-state index in [9.17, 15) is 27.2 Å². The highest BCUT2D eigenvalue weighted by Gasteiger charge is 2.35. The zero-order valence-electron chi connectivity index (χ0n) is 12.7. The first-order chi connectivity index (χ1) is 11.2. The van der Waals surface area contributed by atoms with E-state index >= 15 is 0 Å². The van der Waals surface area contributed by atoms with Crippen LogP contribution in [0.15, 0.2) is 18.2 Å². The minimum atomic E-state index is -4.88. The van der Waals surface area contributed by atoms with Crippen LogP contribution >= 0.6 is 0 Å². The van der Waals surface area contributed by atoms with E-state index in [1.54, 1.807) is 0 Å². The Morgan fingerprint density at radius 2 is 2.00 bits per heavy atom. The Morgan fingerprint density at radius 3 is 2.62 bits per heavy atom. The van der Waals surface area contributed by atoms with Crippen molar-refractivity contribution in [1.29, 1.82) is 0 Å². The quantitative estimate of drug-likeness (QED) is 0.825. The minimum absolute atomic E-state index is 0.119. The lowest BCUT2D eigenvalue weighted by molar-refractivity contribution is -0.140. The lowest BCUT2D eigenvalue weighted by Gasteiger charge is -2.36. The molecule has 1 heterocycles. The second-order valence-electron chi connectivity index (χ2n) is 5.59. The normalized spacial score (nSPS) is 18.3. The average molecular weight is 347 g/mol. The van der Waals surface area contributed by atoms with Gasteiger partial charge in [-0.1, -0.05) is 0 Å². The number of nitrogens with two attached hydrogens (primary N) is 1. The molecule has 9 heteroatoms. The van der Waals surface area contributed by atoms with Gasteiger partial charge in [-0.2, -0.15) is 13.2 Å². The number of primary amides is 1. The van der Waals surface area contributed by atoms with Crippen molar-refractivity contribution in [2.45, 2.75) is 31.5 Å². The van der Waals surface area contributed by atoms with Crippen LogP contribution in [0.4, 0.5) is 22.4 Å². The number of benzene rings is 1. The third-order valence-electron chi connectivity index (χ3n) is 3.92. The minimum Gasteiger partial charge on any atom is -0.352 e. The van der Waals surface area contributed by atoms with Crippen LogP contribution in [0.25, 0.3) is 0 Å². The van der Waals surface area contributed by atoms with Crippen molar-refractivity contribution in [3.05, 3.63) is 35.1 Å². The third-order valence-corrected chi connectivity index (χ3v) is 3.92. The molecule has 3 amide bonds. The van der Waals surface area contributed by atoms with Gasteiger partial charge in [-0.15, -0.1) is 0 Å². The number of nitrogens with zero attached hydrogens (tertiary/aromatic N) is 1. The molecule has 1 aliphatic rings. The molecule has 0 aromatic heterocycles. The SMILES string of the molecule is NC(=O)NC[C@H]1CCCCN1C(=O)c1ccc(F)c(C(F)(F)F)c1. The average Bonchev–Trinajstić information content (AvgIpc) is 2.52. The van der Waals surface area contributed by atoms with Crippen LogP contribution in [0.1, 0.15) is 35.2 Å². The van der Waals surface area contributed by atoms with Gasteiger partial charge < -0.3 is 16.0 Å². The second-order valence-corrected chi connectivity index (χ2v) is 5.59. The maximum atomic E-state index is 13.4. The molecular formula is C15H17F4N3O2. The first kappa shape index (κ1) is 18.0. The molecule has 3 N–H and O–H groups in total. The summed E-state index contributed by atoms with van der Waals surface area (Å²) < 4.78 is 51.7. The summed E-state index contributed by atoms with van der Waals surface area (Å²) in [7, 11) is 0. The number of rotatable bonds is 3. The molecule has 0 aliphatic carbocycles. The molecule has 1 fully saturated rings. The summed E-state index contributed by atoms with van der Waals surface area (Å²) in [6.07, 6.45) is -2.76. The standard InChI is InChI=1S/C15H17F4N3O2/c16-12-5-4-9(7-11(12)15(17,18)19)13(23)22-6-2-1-3-10(22)8-21-14(20)24/h4-5,7,10H,1-3,6,8H2,(H3,20,21,24)/t10-/m1/s1. The Labute approximate surface area is 135 Å². The highest BCUT2D eigenvalue weighted by Crippen LogP contribution is 2.32. The van der Waals surface area contributed by atoms with E-state index in [4.69, 9.17) is 5.73 Å². The summed E-state index contributed by atoms with van der Waals surface area (Å²) >= 11 is 0. The van der Waals surface area contributed by atoms with Gasteiger partial charge in [0.25, 0.3) is 5.91 Å². The van der Waals surface area contributed by atoms with Gasteiger partial charge >= 0.3 is 12.2 Å². The molecular weight excluding hydrogens is 330 g/mol. The fourth-order valence-electron chi connectivity index (χ4n) is 2.74. The molecule has 0 bridgehead atoms. The van der Waals surface area contributed by atoms with Crippen LogP contribution in [0.3, 0.4) is 0 Å². The molecule has 1 aromatic rings. The molecule has 1 aromatic carbocycles. The number of halogens is 4. The van der Waals surface area contributed by atoms with Gasteiger partial charge in [-0.3, -0.25) is 4.79 Å². The van der Waals surface area contributed by atoms with Crippen molar-refractivity contribution in [2.24, 2.45) is 5.73 Å². The summed E-state index contributed by atoms with van der Waals surface area (Å²) in [5.41, 5.74) is 3.29. The zero-order chi connectivity index (χ0) is 17.9. The third kappa shape index (κ3) is 4.15. The molecule has 0 unspecified atom stereocenters. The van der Waals surface area contributed by atoms with E-state index in [-0.39, 0.29) is 18.2 Å². The topological polar surface area (TPSA) is 75.4 Å². The maximum Gasteiger partial charge on any atom is 0.419 e. The number of urea groups is 1. The van der Waals surface area contributed by atoms with Crippen LogP contribution in [0.5, 0.6) is 0 Å². The van der Waals surface area contributed by atoms with Gasteiger partial charge in [-0.25, -0.2) is 9.18 Å². The Kier molecular flexibility index (Phi) is 5.30. The first-order valence-electron chi connectivity index (χ1n) is 7.41. The number of hydrogen-bond acceptors (Lipinski definition) is 2. The summed E-state index contributed by atoms with van der Waals surface area (Å²) in [6.45, 7) is 0.469. The van der Waals surface area contributed by atoms with Gasteiger partial charge in [0.05, 0.1) is 5.56 Å². The highest BCUT2D eigenvalue weighted by molar-refractivity contribution is 5.94. The number of piperidine rings is 1. The Bertz CT molecular complexity index is 634. The van der Waals surface area contributed by atoms with Gasteiger partial charge in [0.15, 0.2) is 0 Å². The van der Waals surface area contributed by atoms with E-state index in [0.29, 0.717) is 31.5 Å². The van der Waals surface area contributed by atoms with Crippen LogP contribution in [-0.4, -0.2) is 36.0 Å². The van der Waals surface area contributed by atoms with E-state index in [1.165, 1.54) is 4.90 Å². The molecule has 2 rings (SSSR count). The summed E-state index contributed by atoms with van der Waals surface area (Å²) in [5, 5.41) is 2.40. The van der Waals surface area contributed by atoms with Crippen molar-refractivity contribution >= 4 is 11.9 Å². The summed E-state index contributed by atoms with van der Waals surface area (Å²) in [6, 6.07) is 1.08. The van der Waals surface area contributed by atoms with Gasteiger partial charge in [0.2, 0.25) is 0 Å². The van der Waals surface area contributed by atoms with Crippen molar-refractivity contribution in [3.8, 4) is 0 Å². The molecule has 132 valence electrons. The lowest BCUT2D eigenvalue weighted by Crippen LogP contribution is -2.50. The van der Waals surface area contributed by atoms with Gasteiger partial charge in [-0.05, 0) is 37.5 Å². The van der Waals surface area contributed by atoms with E-state index < -0.39 is 29.5 Å². The monoisotopic (exact) mass is 347 g/mol. The smallest absolute Gasteiger partial charge is 0.352 e. The van der Waals surface area contributed by atoms with Crippen LogP contribution in [-0.2, 0) is 6.18 Å². The van der Waals surface area contributed by atoms with Crippen molar-refractivity contribution in [1.82, 2.24) is 10.2 Å². The van der Waals surface area contributed by atoms with Gasteiger partial charge in [0, 0.05) is 24.7 Å². The molecule has 0 radical (unpaired) electrons. The lowest BCUT2D eigenvalue weighted by atomic mass is 10.00. The van der Waals surface area contributed by atoms with Crippen molar-refractivity contribution < 1.29 is 27.2 Å². The summed E-state index contributed by atoms with van der Waals surface area (Å²) in [4.78, 5) is 24.8.